The number of carbonyl (C=O) groups excluding carboxylic acids is 1. The SMILES string of the molecule is Cc1c[nH]c(=O)n1-c1ccccc1NC(=O)N1CC2CC=CCC2C1. The fourth-order valence-corrected chi connectivity index (χ4v) is 3.90. The minimum Gasteiger partial charge on any atom is -0.324 e. The zero-order chi connectivity index (χ0) is 17.4. The molecule has 0 spiro atoms. The van der Waals surface area contributed by atoms with Crippen molar-refractivity contribution in [2.24, 2.45) is 11.8 Å². The lowest BCUT2D eigenvalue weighted by atomic mass is 9.86. The number of fused-ring (bicyclic) bond motifs is 1. The van der Waals surface area contributed by atoms with Gasteiger partial charge in [-0.1, -0.05) is 24.3 Å². The molecular formula is C19H22N4O2. The number of imidazole rings is 1. The average Bonchev–Trinajstić information content (AvgIpc) is 3.19. The number of para-hydroxylation sites is 2. The zero-order valence-electron chi connectivity index (χ0n) is 14.2. The highest BCUT2D eigenvalue weighted by Crippen LogP contribution is 2.33. The molecule has 1 aromatic heterocycles. The second kappa shape index (κ2) is 6.27. The van der Waals surface area contributed by atoms with Crippen molar-refractivity contribution in [2.45, 2.75) is 19.8 Å². The summed E-state index contributed by atoms with van der Waals surface area (Å²) >= 11 is 0. The van der Waals surface area contributed by atoms with Crippen LogP contribution in [0, 0.1) is 18.8 Å². The monoisotopic (exact) mass is 338 g/mol. The first-order valence-electron chi connectivity index (χ1n) is 8.71. The number of aromatic amines is 1. The molecule has 2 unspecified atom stereocenters. The van der Waals surface area contributed by atoms with Gasteiger partial charge >= 0.3 is 11.7 Å². The Bertz CT molecular complexity index is 864. The molecule has 2 heterocycles. The van der Waals surface area contributed by atoms with Gasteiger partial charge in [-0.05, 0) is 43.7 Å². The van der Waals surface area contributed by atoms with Crippen molar-refractivity contribution < 1.29 is 4.79 Å². The molecule has 25 heavy (non-hydrogen) atoms. The number of hydrogen-bond donors (Lipinski definition) is 2. The van der Waals surface area contributed by atoms with E-state index in [2.05, 4.69) is 22.5 Å². The number of nitrogens with one attached hydrogen (secondary N) is 2. The van der Waals surface area contributed by atoms with E-state index in [-0.39, 0.29) is 11.7 Å². The number of nitrogens with zero attached hydrogens (tertiary/aromatic N) is 2. The normalized spacial score (nSPS) is 22.0. The third kappa shape index (κ3) is 2.88. The van der Waals surface area contributed by atoms with Crippen LogP contribution >= 0.6 is 0 Å². The molecule has 1 fully saturated rings. The van der Waals surface area contributed by atoms with E-state index in [1.54, 1.807) is 10.8 Å². The molecule has 130 valence electrons. The number of amides is 2. The molecule has 2 aromatic rings. The lowest BCUT2D eigenvalue weighted by molar-refractivity contribution is 0.220. The van der Waals surface area contributed by atoms with Gasteiger partial charge in [0, 0.05) is 25.0 Å². The summed E-state index contributed by atoms with van der Waals surface area (Å²) in [5.41, 5.74) is 1.91. The fourth-order valence-electron chi connectivity index (χ4n) is 3.90. The first kappa shape index (κ1) is 15.7. The van der Waals surface area contributed by atoms with Crippen LogP contribution in [0.25, 0.3) is 5.69 Å². The van der Waals surface area contributed by atoms with E-state index in [9.17, 15) is 9.59 Å². The third-order valence-electron chi connectivity index (χ3n) is 5.25. The van der Waals surface area contributed by atoms with Gasteiger partial charge in [0.1, 0.15) is 0 Å². The number of aryl methyl sites for hydroxylation is 1. The van der Waals surface area contributed by atoms with Gasteiger partial charge in [0.25, 0.3) is 0 Å². The van der Waals surface area contributed by atoms with Crippen LogP contribution in [0.1, 0.15) is 18.5 Å². The Morgan fingerprint density at radius 2 is 1.84 bits per heavy atom. The van der Waals surface area contributed by atoms with Crippen LogP contribution in [-0.2, 0) is 0 Å². The summed E-state index contributed by atoms with van der Waals surface area (Å²) in [4.78, 5) is 29.4. The van der Waals surface area contributed by atoms with Crippen molar-refractivity contribution in [3.63, 3.8) is 0 Å². The van der Waals surface area contributed by atoms with Gasteiger partial charge < -0.3 is 15.2 Å². The summed E-state index contributed by atoms with van der Waals surface area (Å²) in [6, 6.07) is 7.30. The summed E-state index contributed by atoms with van der Waals surface area (Å²) in [6.07, 6.45) is 8.23. The van der Waals surface area contributed by atoms with E-state index >= 15 is 0 Å². The van der Waals surface area contributed by atoms with Gasteiger partial charge in [-0.2, -0.15) is 0 Å². The quantitative estimate of drug-likeness (QED) is 0.827. The molecule has 6 heteroatoms. The molecular weight excluding hydrogens is 316 g/mol. The Kier molecular flexibility index (Phi) is 3.95. The highest BCUT2D eigenvalue weighted by molar-refractivity contribution is 5.91. The molecule has 0 radical (unpaired) electrons. The molecule has 2 aliphatic rings. The largest absolute Gasteiger partial charge is 0.330 e. The van der Waals surface area contributed by atoms with Crippen molar-refractivity contribution in [3.05, 3.63) is 58.8 Å². The highest BCUT2D eigenvalue weighted by atomic mass is 16.2. The van der Waals surface area contributed by atoms with Gasteiger partial charge in [0.2, 0.25) is 0 Å². The van der Waals surface area contributed by atoms with Crippen LogP contribution in [0.2, 0.25) is 0 Å². The molecule has 0 bridgehead atoms. The average molecular weight is 338 g/mol. The van der Waals surface area contributed by atoms with E-state index < -0.39 is 0 Å². The topological polar surface area (TPSA) is 70.1 Å². The number of rotatable bonds is 2. The predicted molar refractivity (Wildman–Crippen MR) is 97.1 cm³/mol. The van der Waals surface area contributed by atoms with Crippen molar-refractivity contribution in [1.82, 2.24) is 14.5 Å². The lowest BCUT2D eigenvalue weighted by Crippen LogP contribution is -2.33. The van der Waals surface area contributed by atoms with Gasteiger partial charge in [-0.25, -0.2) is 9.59 Å². The number of allylic oxidation sites excluding steroid dienone is 2. The number of likely N-dealkylation sites (tertiary alicyclic amines) is 1. The number of urea groups is 1. The van der Waals surface area contributed by atoms with Gasteiger partial charge in [0.05, 0.1) is 11.4 Å². The zero-order valence-corrected chi connectivity index (χ0v) is 14.2. The smallest absolute Gasteiger partial charge is 0.324 e. The molecule has 6 nitrogen and oxygen atoms in total. The molecule has 1 aromatic carbocycles. The van der Waals surface area contributed by atoms with E-state index in [4.69, 9.17) is 0 Å². The second-order valence-electron chi connectivity index (χ2n) is 6.89. The molecule has 1 aliphatic carbocycles. The minimum atomic E-state index is -0.211. The Morgan fingerprint density at radius 3 is 2.48 bits per heavy atom. The van der Waals surface area contributed by atoms with Crippen LogP contribution in [0.15, 0.2) is 47.4 Å². The Labute approximate surface area is 146 Å². The first-order valence-corrected chi connectivity index (χ1v) is 8.71. The number of anilines is 1. The second-order valence-corrected chi connectivity index (χ2v) is 6.89. The van der Waals surface area contributed by atoms with E-state index in [1.165, 1.54) is 0 Å². The van der Waals surface area contributed by atoms with Gasteiger partial charge in [-0.3, -0.25) is 4.57 Å². The molecule has 2 amide bonds. The van der Waals surface area contributed by atoms with E-state index in [0.29, 0.717) is 23.2 Å². The van der Waals surface area contributed by atoms with E-state index in [1.807, 2.05) is 36.1 Å². The molecule has 4 rings (SSSR count). The van der Waals surface area contributed by atoms with Gasteiger partial charge in [-0.15, -0.1) is 0 Å². The number of H-pyrrole nitrogens is 1. The van der Waals surface area contributed by atoms with Crippen LogP contribution in [0.4, 0.5) is 10.5 Å². The summed E-state index contributed by atoms with van der Waals surface area (Å²) in [5.74, 6) is 1.14. The van der Waals surface area contributed by atoms with Crippen LogP contribution < -0.4 is 11.0 Å². The Balaban J connectivity index is 1.56. The van der Waals surface area contributed by atoms with Crippen molar-refractivity contribution in [1.29, 1.82) is 0 Å². The molecule has 1 saturated heterocycles. The van der Waals surface area contributed by atoms with Crippen LogP contribution in [0.3, 0.4) is 0 Å². The molecule has 0 saturated carbocycles. The number of aromatic nitrogens is 2. The van der Waals surface area contributed by atoms with Crippen LogP contribution in [0.5, 0.6) is 0 Å². The standard InChI is InChI=1S/C19H22N4O2/c1-13-10-20-18(24)23(13)17-9-5-4-8-16(17)21-19(25)22-11-14-6-2-3-7-15(14)12-22/h2-5,8-10,14-15H,6-7,11-12H2,1H3,(H,20,24)(H,21,25). The number of carbonyl (C=O) groups is 1. The number of benzene rings is 1. The third-order valence-corrected chi connectivity index (χ3v) is 5.25. The maximum Gasteiger partial charge on any atom is 0.330 e. The maximum atomic E-state index is 12.7. The fraction of sp³-hybridized carbons (Fsp3) is 0.368. The first-order chi connectivity index (χ1) is 12.1. The van der Waals surface area contributed by atoms with Gasteiger partial charge in [0.15, 0.2) is 0 Å². The summed E-state index contributed by atoms with van der Waals surface area (Å²) in [5, 5.41) is 3.00. The van der Waals surface area contributed by atoms with Crippen molar-refractivity contribution in [3.8, 4) is 5.69 Å². The Hall–Kier alpha value is -2.76. The minimum absolute atomic E-state index is 0.0944. The highest BCUT2D eigenvalue weighted by Gasteiger charge is 2.35. The van der Waals surface area contributed by atoms with Crippen molar-refractivity contribution >= 4 is 11.7 Å². The summed E-state index contributed by atoms with van der Waals surface area (Å²) < 4.78 is 1.57. The molecule has 2 N–H and O–H groups in total. The molecule has 2 atom stereocenters. The van der Waals surface area contributed by atoms with Crippen molar-refractivity contribution in [2.75, 3.05) is 18.4 Å². The number of hydrogen-bond acceptors (Lipinski definition) is 2. The Morgan fingerprint density at radius 1 is 1.16 bits per heavy atom. The predicted octanol–water partition coefficient (Wildman–Crippen LogP) is 2.90. The summed E-state index contributed by atoms with van der Waals surface area (Å²) in [6.45, 7) is 3.45. The maximum absolute atomic E-state index is 12.7. The molecule has 1 aliphatic heterocycles. The summed E-state index contributed by atoms with van der Waals surface area (Å²) in [7, 11) is 0. The lowest BCUT2D eigenvalue weighted by Gasteiger charge is -2.19. The van der Waals surface area contributed by atoms with E-state index in [0.717, 1.165) is 31.6 Å². The van der Waals surface area contributed by atoms with Crippen LogP contribution in [-0.4, -0.2) is 33.6 Å².